The fraction of sp³-hybridized carbons (Fsp3) is 0.0833. The number of alkyl halides is 3. The summed E-state index contributed by atoms with van der Waals surface area (Å²) in [6.45, 7) is 0. The number of nitrogens with one attached hydrogen (secondary N) is 1. The summed E-state index contributed by atoms with van der Waals surface area (Å²) in [6.07, 6.45) is -4.67. The van der Waals surface area contributed by atoms with Crippen molar-refractivity contribution in [1.29, 1.82) is 0 Å². The van der Waals surface area contributed by atoms with Crippen molar-refractivity contribution in [2.75, 3.05) is 5.43 Å². The number of nitrogens with two attached hydrogens (primary N) is 1. The van der Waals surface area contributed by atoms with Crippen molar-refractivity contribution < 1.29 is 26.7 Å². The van der Waals surface area contributed by atoms with Crippen molar-refractivity contribution in [3.63, 3.8) is 0 Å². The van der Waals surface area contributed by atoms with Crippen LogP contribution in [0.1, 0.15) is 5.56 Å². The number of benzene rings is 1. The number of nitrogens with zero attached hydrogens (tertiary/aromatic N) is 1. The maximum Gasteiger partial charge on any atom is 0.416 e. The van der Waals surface area contributed by atoms with E-state index in [9.17, 15) is 22.0 Å². The highest BCUT2D eigenvalue weighted by molar-refractivity contribution is 5.43. The molecular weight excluding hydrogens is 297 g/mol. The average Bonchev–Trinajstić information content (AvgIpc) is 2.42. The van der Waals surface area contributed by atoms with E-state index in [-0.39, 0.29) is 5.82 Å². The van der Waals surface area contributed by atoms with Gasteiger partial charge in [0.2, 0.25) is 11.7 Å². The van der Waals surface area contributed by atoms with Gasteiger partial charge in [0, 0.05) is 6.07 Å². The monoisotopic (exact) mass is 305 g/mol. The van der Waals surface area contributed by atoms with E-state index in [0.717, 1.165) is 18.2 Å². The second kappa shape index (κ2) is 5.52. The molecule has 9 heteroatoms. The highest BCUT2D eigenvalue weighted by Crippen LogP contribution is 2.34. The Kier molecular flexibility index (Phi) is 3.94. The number of hydrogen-bond acceptors (Lipinski definition) is 4. The van der Waals surface area contributed by atoms with Crippen LogP contribution in [0.3, 0.4) is 0 Å². The molecule has 0 fully saturated rings. The highest BCUT2D eigenvalue weighted by Gasteiger charge is 2.32. The first-order valence-electron chi connectivity index (χ1n) is 5.49. The molecule has 2 rings (SSSR count). The number of ether oxygens (including phenoxy) is 1. The fourth-order valence-electron chi connectivity index (χ4n) is 1.47. The van der Waals surface area contributed by atoms with Crippen molar-refractivity contribution in [1.82, 2.24) is 4.98 Å². The Balaban J connectivity index is 2.42. The van der Waals surface area contributed by atoms with E-state index in [1.165, 1.54) is 0 Å². The summed E-state index contributed by atoms with van der Waals surface area (Å²) in [5.74, 6) is 0.967. The van der Waals surface area contributed by atoms with Crippen LogP contribution in [-0.2, 0) is 6.18 Å². The van der Waals surface area contributed by atoms with Gasteiger partial charge < -0.3 is 10.2 Å². The predicted octanol–water partition coefficient (Wildman–Crippen LogP) is 3.46. The van der Waals surface area contributed by atoms with Gasteiger partial charge in [-0.05, 0) is 18.2 Å². The van der Waals surface area contributed by atoms with E-state index in [2.05, 4.69) is 4.98 Å². The molecule has 4 nitrogen and oxygen atoms in total. The Morgan fingerprint density at radius 1 is 1.14 bits per heavy atom. The van der Waals surface area contributed by atoms with Gasteiger partial charge in [0.1, 0.15) is 5.82 Å². The molecule has 0 saturated heterocycles. The van der Waals surface area contributed by atoms with Gasteiger partial charge in [-0.2, -0.15) is 22.5 Å². The second-order valence-corrected chi connectivity index (χ2v) is 3.88. The van der Waals surface area contributed by atoms with Crippen molar-refractivity contribution >= 4 is 5.82 Å². The van der Waals surface area contributed by atoms with Gasteiger partial charge in [-0.3, -0.25) is 0 Å². The zero-order valence-corrected chi connectivity index (χ0v) is 10.2. The van der Waals surface area contributed by atoms with Crippen molar-refractivity contribution in [3.8, 4) is 11.6 Å². The quantitative estimate of drug-likeness (QED) is 0.518. The molecule has 0 aliphatic rings. The molecule has 0 aliphatic carbocycles. The lowest BCUT2D eigenvalue weighted by Crippen LogP contribution is -2.12. The molecule has 0 unspecified atom stereocenters. The van der Waals surface area contributed by atoms with Crippen LogP contribution < -0.4 is 16.0 Å². The van der Waals surface area contributed by atoms with Gasteiger partial charge in [0.15, 0.2) is 11.6 Å². The molecule has 0 amide bonds. The van der Waals surface area contributed by atoms with E-state index >= 15 is 0 Å². The third-order valence-electron chi connectivity index (χ3n) is 2.41. The molecule has 1 aromatic heterocycles. The summed E-state index contributed by atoms with van der Waals surface area (Å²) in [5, 5.41) is 0. The van der Waals surface area contributed by atoms with Gasteiger partial charge in [-0.1, -0.05) is 6.07 Å². The lowest BCUT2D eigenvalue weighted by atomic mass is 10.2. The minimum Gasteiger partial charge on any atom is -0.436 e. The molecule has 0 spiro atoms. The summed E-state index contributed by atoms with van der Waals surface area (Å²) >= 11 is 0. The summed E-state index contributed by atoms with van der Waals surface area (Å²) in [6, 6.07) is 4.23. The normalized spacial score (nSPS) is 11.3. The highest BCUT2D eigenvalue weighted by atomic mass is 19.4. The van der Waals surface area contributed by atoms with Crippen molar-refractivity contribution in [2.24, 2.45) is 5.84 Å². The summed E-state index contributed by atoms with van der Waals surface area (Å²) < 4.78 is 69.3. The van der Waals surface area contributed by atoms with E-state index in [1.807, 2.05) is 5.43 Å². The fourth-order valence-corrected chi connectivity index (χ4v) is 1.47. The van der Waals surface area contributed by atoms with Gasteiger partial charge >= 0.3 is 6.18 Å². The Bertz CT molecular complexity index is 660. The third-order valence-corrected chi connectivity index (χ3v) is 2.41. The van der Waals surface area contributed by atoms with Crippen LogP contribution in [0.2, 0.25) is 0 Å². The minimum absolute atomic E-state index is 0.336. The molecule has 21 heavy (non-hydrogen) atoms. The number of anilines is 1. The number of nitrogen functional groups attached to an aromatic ring is 1. The topological polar surface area (TPSA) is 60.2 Å². The first kappa shape index (κ1) is 15.0. The predicted molar refractivity (Wildman–Crippen MR) is 63.5 cm³/mol. The zero-order valence-electron chi connectivity index (χ0n) is 10.2. The molecule has 0 bridgehead atoms. The molecule has 0 saturated carbocycles. The van der Waals surface area contributed by atoms with E-state index in [0.29, 0.717) is 12.1 Å². The van der Waals surface area contributed by atoms with Crippen LogP contribution in [0, 0.1) is 11.6 Å². The van der Waals surface area contributed by atoms with Crippen LogP contribution in [-0.4, -0.2) is 4.98 Å². The average molecular weight is 305 g/mol. The van der Waals surface area contributed by atoms with E-state index < -0.39 is 35.0 Å². The smallest absolute Gasteiger partial charge is 0.416 e. The van der Waals surface area contributed by atoms with Crippen LogP contribution in [0.15, 0.2) is 30.3 Å². The number of hydrogen-bond donors (Lipinski definition) is 2. The first-order valence-corrected chi connectivity index (χ1v) is 5.49. The molecular formula is C12H8F5N3O. The Hall–Kier alpha value is -2.42. The Morgan fingerprint density at radius 2 is 1.86 bits per heavy atom. The number of pyridine rings is 1. The Labute approximate surface area is 115 Å². The van der Waals surface area contributed by atoms with Gasteiger partial charge in [0.05, 0.1) is 5.56 Å². The van der Waals surface area contributed by atoms with E-state index in [1.54, 1.807) is 0 Å². The summed E-state index contributed by atoms with van der Waals surface area (Å²) in [4.78, 5) is 3.58. The van der Waals surface area contributed by atoms with E-state index in [4.69, 9.17) is 10.6 Å². The molecule has 112 valence electrons. The summed E-state index contributed by atoms with van der Waals surface area (Å²) in [5.41, 5.74) is 0.833. The lowest BCUT2D eigenvalue weighted by molar-refractivity contribution is -0.137. The first-order chi connectivity index (χ1) is 9.81. The molecule has 1 heterocycles. The van der Waals surface area contributed by atoms with Crippen LogP contribution >= 0.6 is 0 Å². The van der Waals surface area contributed by atoms with Gasteiger partial charge in [-0.25, -0.2) is 10.2 Å². The van der Waals surface area contributed by atoms with Crippen molar-refractivity contribution in [2.45, 2.75) is 6.18 Å². The van der Waals surface area contributed by atoms with Crippen LogP contribution in [0.4, 0.5) is 27.8 Å². The lowest BCUT2D eigenvalue weighted by Gasteiger charge is -2.12. The number of rotatable bonds is 3. The molecule has 3 N–H and O–H groups in total. The number of halogens is 5. The van der Waals surface area contributed by atoms with Gasteiger partial charge in [0.25, 0.3) is 0 Å². The zero-order chi connectivity index (χ0) is 15.6. The van der Waals surface area contributed by atoms with Crippen LogP contribution in [0.25, 0.3) is 0 Å². The van der Waals surface area contributed by atoms with Crippen molar-refractivity contribution in [3.05, 3.63) is 47.5 Å². The maximum absolute atomic E-state index is 13.4. The van der Waals surface area contributed by atoms with Crippen LogP contribution in [0.5, 0.6) is 11.6 Å². The SMILES string of the molecule is NNc1cc(C(F)(F)F)cc(Oc2cccc(F)c2F)n1. The molecule has 0 aliphatic heterocycles. The minimum atomic E-state index is -4.67. The number of aromatic nitrogens is 1. The molecule has 0 atom stereocenters. The molecule has 2 aromatic rings. The second-order valence-electron chi connectivity index (χ2n) is 3.88. The summed E-state index contributed by atoms with van der Waals surface area (Å²) in [7, 11) is 0. The third kappa shape index (κ3) is 3.37. The Morgan fingerprint density at radius 3 is 2.48 bits per heavy atom. The molecule has 0 radical (unpaired) electrons. The van der Waals surface area contributed by atoms with Gasteiger partial charge in [-0.15, -0.1) is 0 Å². The largest absolute Gasteiger partial charge is 0.436 e. The molecule has 1 aromatic carbocycles. The number of hydrazine groups is 1. The maximum atomic E-state index is 13.4. The standard InChI is InChI=1S/C12H8F5N3O/c13-7-2-1-3-8(11(7)14)21-10-5-6(12(15,16)17)4-9(19-10)20-18/h1-5H,18H2,(H,19,20).